The molecule has 0 saturated heterocycles. The fourth-order valence-corrected chi connectivity index (χ4v) is 1.25. The van der Waals surface area contributed by atoms with Crippen molar-refractivity contribution in [2.24, 2.45) is 5.73 Å². The molecule has 72 valence electrons. The molecule has 0 bridgehead atoms. The Morgan fingerprint density at radius 2 is 2.15 bits per heavy atom. The molecule has 3 nitrogen and oxygen atoms in total. The first-order valence-corrected chi connectivity index (χ1v) is 3.92. The highest BCUT2D eigenvalue weighted by Gasteiger charge is 2.15. The summed E-state index contributed by atoms with van der Waals surface area (Å²) in [6, 6.07) is 1.65. The second-order valence-electron chi connectivity index (χ2n) is 2.89. The van der Waals surface area contributed by atoms with Gasteiger partial charge in [0.1, 0.15) is 11.6 Å². The molecule has 1 rings (SSSR count). The number of phenolic OH excluding ortho intramolecular Hbond substituents is 1. The van der Waals surface area contributed by atoms with Gasteiger partial charge in [0.05, 0.1) is 12.6 Å². The van der Waals surface area contributed by atoms with E-state index < -0.39 is 11.9 Å². The van der Waals surface area contributed by atoms with Gasteiger partial charge in [-0.1, -0.05) is 0 Å². The fourth-order valence-electron chi connectivity index (χ4n) is 1.25. The predicted octanol–water partition coefficient (Wildman–Crippen LogP) is 0.832. The molecular weight excluding hydrogens is 173 g/mol. The minimum atomic E-state index is -0.740. The van der Waals surface area contributed by atoms with Crippen LogP contribution in [0.3, 0.4) is 0 Å². The van der Waals surface area contributed by atoms with E-state index in [-0.39, 0.29) is 23.5 Å². The summed E-state index contributed by atoms with van der Waals surface area (Å²) in [4.78, 5) is 0. The van der Waals surface area contributed by atoms with Crippen molar-refractivity contribution in [3.05, 3.63) is 29.1 Å². The Bertz CT molecular complexity index is 315. The first-order valence-electron chi connectivity index (χ1n) is 3.92. The monoisotopic (exact) mass is 185 g/mol. The molecule has 13 heavy (non-hydrogen) atoms. The summed E-state index contributed by atoms with van der Waals surface area (Å²) < 4.78 is 13.0. The molecule has 0 aliphatic heterocycles. The van der Waals surface area contributed by atoms with E-state index in [1.54, 1.807) is 0 Å². The topological polar surface area (TPSA) is 66.5 Å². The van der Waals surface area contributed by atoms with Crippen LogP contribution in [0.15, 0.2) is 12.1 Å². The first kappa shape index (κ1) is 9.95. The fraction of sp³-hybridized carbons (Fsp3) is 0.333. The van der Waals surface area contributed by atoms with Crippen molar-refractivity contribution < 1.29 is 14.6 Å². The summed E-state index contributed by atoms with van der Waals surface area (Å²) in [6.45, 7) is 1.19. The zero-order chi connectivity index (χ0) is 10.0. The largest absolute Gasteiger partial charge is 0.508 e. The lowest BCUT2D eigenvalue weighted by molar-refractivity contribution is 0.264. The van der Waals surface area contributed by atoms with Gasteiger partial charge in [-0.3, -0.25) is 0 Å². The van der Waals surface area contributed by atoms with Gasteiger partial charge in [0, 0.05) is 5.56 Å². The highest BCUT2D eigenvalue weighted by Crippen LogP contribution is 2.27. The van der Waals surface area contributed by atoms with Crippen LogP contribution in [0.1, 0.15) is 17.2 Å². The van der Waals surface area contributed by atoms with E-state index in [0.717, 1.165) is 6.07 Å². The number of halogens is 1. The summed E-state index contributed by atoms with van der Waals surface area (Å²) in [5.41, 5.74) is 6.03. The minimum absolute atomic E-state index is 0.0829. The Morgan fingerprint density at radius 1 is 1.54 bits per heavy atom. The molecule has 1 aromatic carbocycles. The van der Waals surface area contributed by atoms with E-state index in [2.05, 4.69) is 0 Å². The summed E-state index contributed by atoms with van der Waals surface area (Å²) in [5, 5.41) is 18.1. The molecule has 1 aromatic rings. The van der Waals surface area contributed by atoms with Crippen LogP contribution in [0, 0.1) is 12.7 Å². The third-order valence-corrected chi connectivity index (χ3v) is 1.99. The van der Waals surface area contributed by atoms with Gasteiger partial charge in [-0.2, -0.15) is 0 Å². The van der Waals surface area contributed by atoms with Gasteiger partial charge in [0.15, 0.2) is 0 Å². The molecule has 4 N–H and O–H groups in total. The van der Waals surface area contributed by atoms with Gasteiger partial charge < -0.3 is 15.9 Å². The van der Waals surface area contributed by atoms with E-state index in [9.17, 15) is 9.50 Å². The lowest BCUT2D eigenvalue weighted by atomic mass is 10.0. The number of hydrogen-bond donors (Lipinski definition) is 3. The van der Waals surface area contributed by atoms with Crippen molar-refractivity contribution in [2.45, 2.75) is 13.0 Å². The average Bonchev–Trinajstić information content (AvgIpc) is 2.12. The lowest BCUT2D eigenvalue weighted by Gasteiger charge is -2.14. The Kier molecular flexibility index (Phi) is 2.85. The third-order valence-electron chi connectivity index (χ3n) is 1.99. The Balaban J connectivity index is 3.25. The minimum Gasteiger partial charge on any atom is -0.508 e. The summed E-state index contributed by atoms with van der Waals surface area (Å²) >= 11 is 0. The van der Waals surface area contributed by atoms with Crippen LogP contribution >= 0.6 is 0 Å². The van der Waals surface area contributed by atoms with E-state index in [4.69, 9.17) is 10.8 Å². The SMILES string of the molecule is Cc1c(F)ccc(O)c1C(N)CO. The number of phenols is 1. The zero-order valence-electron chi connectivity index (χ0n) is 7.29. The average molecular weight is 185 g/mol. The maximum Gasteiger partial charge on any atom is 0.126 e. The molecule has 0 amide bonds. The van der Waals surface area contributed by atoms with Crippen LogP contribution in [0.25, 0.3) is 0 Å². The second kappa shape index (κ2) is 3.72. The molecule has 0 heterocycles. The van der Waals surface area contributed by atoms with Crippen LogP contribution in [-0.2, 0) is 0 Å². The molecule has 0 saturated carbocycles. The highest BCUT2D eigenvalue weighted by atomic mass is 19.1. The maximum absolute atomic E-state index is 13.0. The molecular formula is C9H12FNO2. The van der Waals surface area contributed by atoms with Crippen molar-refractivity contribution in [2.75, 3.05) is 6.61 Å². The van der Waals surface area contributed by atoms with Gasteiger partial charge in [0.2, 0.25) is 0 Å². The number of hydrogen-bond acceptors (Lipinski definition) is 3. The molecule has 0 spiro atoms. The predicted molar refractivity (Wildman–Crippen MR) is 46.8 cm³/mol. The summed E-state index contributed by atoms with van der Waals surface area (Å²) in [5.74, 6) is -0.517. The lowest BCUT2D eigenvalue weighted by Crippen LogP contribution is -2.16. The number of aliphatic hydroxyl groups excluding tert-OH is 1. The second-order valence-corrected chi connectivity index (χ2v) is 2.89. The standard InChI is InChI=1S/C9H12FNO2/c1-5-6(10)2-3-8(13)9(5)7(11)4-12/h2-3,7,12-13H,4,11H2,1H3. The molecule has 1 atom stereocenters. The molecule has 0 aromatic heterocycles. The molecule has 0 aliphatic carbocycles. The van der Waals surface area contributed by atoms with Crippen LogP contribution in [-0.4, -0.2) is 16.8 Å². The Hall–Kier alpha value is -1.13. The van der Waals surface area contributed by atoms with Gasteiger partial charge in [-0.25, -0.2) is 4.39 Å². The van der Waals surface area contributed by atoms with Crippen molar-refractivity contribution >= 4 is 0 Å². The number of nitrogens with two attached hydrogens (primary N) is 1. The number of benzene rings is 1. The Labute approximate surface area is 75.6 Å². The number of rotatable bonds is 2. The highest BCUT2D eigenvalue weighted by molar-refractivity contribution is 5.41. The van der Waals surface area contributed by atoms with Crippen LogP contribution in [0.2, 0.25) is 0 Å². The quantitative estimate of drug-likeness (QED) is 0.639. The third kappa shape index (κ3) is 1.79. The van der Waals surface area contributed by atoms with Crippen LogP contribution in [0.5, 0.6) is 5.75 Å². The molecule has 4 heteroatoms. The van der Waals surface area contributed by atoms with E-state index in [1.807, 2.05) is 0 Å². The number of aliphatic hydroxyl groups is 1. The molecule has 0 radical (unpaired) electrons. The van der Waals surface area contributed by atoms with Crippen molar-refractivity contribution in [3.63, 3.8) is 0 Å². The normalized spacial score (nSPS) is 12.9. The van der Waals surface area contributed by atoms with Crippen LogP contribution in [0.4, 0.5) is 4.39 Å². The van der Waals surface area contributed by atoms with E-state index in [1.165, 1.54) is 13.0 Å². The zero-order valence-corrected chi connectivity index (χ0v) is 7.29. The van der Waals surface area contributed by atoms with Gasteiger partial charge in [-0.05, 0) is 24.6 Å². The Morgan fingerprint density at radius 3 is 2.69 bits per heavy atom. The summed E-state index contributed by atoms with van der Waals surface area (Å²) in [6.07, 6.45) is 0. The van der Waals surface area contributed by atoms with Crippen molar-refractivity contribution in [1.82, 2.24) is 0 Å². The molecule has 0 fully saturated rings. The smallest absolute Gasteiger partial charge is 0.126 e. The van der Waals surface area contributed by atoms with Gasteiger partial charge >= 0.3 is 0 Å². The van der Waals surface area contributed by atoms with Gasteiger partial charge in [-0.15, -0.1) is 0 Å². The molecule has 0 aliphatic rings. The number of aromatic hydroxyl groups is 1. The van der Waals surface area contributed by atoms with Gasteiger partial charge in [0.25, 0.3) is 0 Å². The van der Waals surface area contributed by atoms with Crippen molar-refractivity contribution in [1.29, 1.82) is 0 Å². The van der Waals surface area contributed by atoms with Crippen molar-refractivity contribution in [3.8, 4) is 5.75 Å². The maximum atomic E-state index is 13.0. The van der Waals surface area contributed by atoms with Crippen LogP contribution < -0.4 is 5.73 Å². The first-order chi connectivity index (χ1) is 6.07. The van der Waals surface area contributed by atoms with E-state index in [0.29, 0.717) is 0 Å². The van der Waals surface area contributed by atoms with E-state index >= 15 is 0 Å². The molecule has 1 unspecified atom stereocenters. The summed E-state index contributed by atoms with van der Waals surface area (Å²) in [7, 11) is 0.